The number of ether oxygens (including phenoxy) is 1. The summed E-state index contributed by atoms with van der Waals surface area (Å²) in [6.07, 6.45) is 11.0. The number of hydrogen-bond donors (Lipinski definition) is 0. The molecule has 1 fully saturated rings. The average molecular weight is 303 g/mol. The first-order valence-corrected chi connectivity index (χ1v) is 9.24. The first kappa shape index (κ1) is 17.4. The maximum absolute atomic E-state index is 5.62. The lowest BCUT2D eigenvalue weighted by Gasteiger charge is -2.24. The molecule has 1 heteroatoms. The Hall–Kier alpha value is -0.980. The van der Waals surface area contributed by atoms with E-state index in [0.29, 0.717) is 5.92 Å². The second-order valence-corrected chi connectivity index (χ2v) is 7.79. The Morgan fingerprint density at radius 3 is 2.41 bits per heavy atom. The van der Waals surface area contributed by atoms with Crippen LogP contribution in [-0.2, 0) is 12.8 Å². The summed E-state index contributed by atoms with van der Waals surface area (Å²) in [6.45, 7) is 6.95. The zero-order valence-corrected chi connectivity index (χ0v) is 15.0. The van der Waals surface area contributed by atoms with Gasteiger partial charge in [-0.2, -0.15) is 0 Å². The maximum atomic E-state index is 5.62. The summed E-state index contributed by atoms with van der Waals surface area (Å²) in [6, 6.07) is 6.87. The molecule has 1 aromatic carbocycles. The molecule has 1 aromatic rings. The molecular formula is C21H34O. The van der Waals surface area contributed by atoms with Gasteiger partial charge in [-0.05, 0) is 54.2 Å². The van der Waals surface area contributed by atoms with Crippen LogP contribution in [0.3, 0.4) is 0 Å². The van der Waals surface area contributed by atoms with Gasteiger partial charge in [0.05, 0.1) is 7.11 Å². The van der Waals surface area contributed by atoms with Crippen molar-refractivity contribution in [2.75, 3.05) is 7.11 Å². The standard InChI is InChI=1S/C21H34O/c1-16(2)12-20-11-10-19(15-21(20)22-4)14-17(3)13-18-8-6-5-7-9-18/h10-11,15-18H,5-9,12-14H2,1-4H3. The van der Waals surface area contributed by atoms with Crippen LogP contribution in [-0.4, -0.2) is 7.11 Å². The van der Waals surface area contributed by atoms with Crippen LogP contribution in [0.4, 0.5) is 0 Å². The lowest BCUT2D eigenvalue weighted by Crippen LogP contribution is -2.12. The molecule has 1 atom stereocenters. The van der Waals surface area contributed by atoms with E-state index in [1.807, 2.05) is 0 Å². The quantitative estimate of drug-likeness (QED) is 0.596. The van der Waals surface area contributed by atoms with E-state index < -0.39 is 0 Å². The molecule has 0 amide bonds. The summed E-state index contributed by atoms with van der Waals surface area (Å²) in [4.78, 5) is 0. The highest BCUT2D eigenvalue weighted by Gasteiger charge is 2.17. The molecule has 0 radical (unpaired) electrons. The molecule has 0 N–H and O–H groups in total. The molecule has 1 nitrogen and oxygen atoms in total. The SMILES string of the molecule is COc1cc(CC(C)CC2CCCCC2)ccc1CC(C)C. The highest BCUT2D eigenvalue weighted by atomic mass is 16.5. The minimum atomic E-state index is 0.671. The molecule has 1 aliphatic carbocycles. The molecule has 0 saturated heterocycles. The summed E-state index contributed by atoms with van der Waals surface area (Å²) in [5, 5.41) is 0. The first-order chi connectivity index (χ1) is 10.6. The Kier molecular flexibility index (Phi) is 6.79. The summed E-state index contributed by atoms with van der Waals surface area (Å²) >= 11 is 0. The Labute approximate surface area is 137 Å². The van der Waals surface area contributed by atoms with E-state index >= 15 is 0 Å². The van der Waals surface area contributed by atoms with Gasteiger partial charge in [-0.25, -0.2) is 0 Å². The number of methoxy groups -OCH3 is 1. The second kappa shape index (κ2) is 8.60. The van der Waals surface area contributed by atoms with Crippen molar-refractivity contribution in [3.05, 3.63) is 29.3 Å². The van der Waals surface area contributed by atoms with Gasteiger partial charge in [0.15, 0.2) is 0 Å². The van der Waals surface area contributed by atoms with Gasteiger partial charge in [0.2, 0.25) is 0 Å². The van der Waals surface area contributed by atoms with Crippen LogP contribution >= 0.6 is 0 Å². The lowest BCUT2D eigenvalue weighted by atomic mass is 9.81. The summed E-state index contributed by atoms with van der Waals surface area (Å²) in [5.41, 5.74) is 2.79. The third-order valence-electron chi connectivity index (χ3n) is 5.02. The first-order valence-electron chi connectivity index (χ1n) is 9.24. The molecule has 1 unspecified atom stereocenters. The molecule has 22 heavy (non-hydrogen) atoms. The average Bonchev–Trinajstić information content (AvgIpc) is 2.49. The van der Waals surface area contributed by atoms with Crippen molar-refractivity contribution in [1.82, 2.24) is 0 Å². The van der Waals surface area contributed by atoms with Crippen LogP contribution < -0.4 is 4.74 Å². The number of rotatable bonds is 7. The van der Waals surface area contributed by atoms with E-state index in [4.69, 9.17) is 4.74 Å². The second-order valence-electron chi connectivity index (χ2n) is 7.79. The lowest BCUT2D eigenvalue weighted by molar-refractivity contribution is 0.295. The van der Waals surface area contributed by atoms with Gasteiger partial charge < -0.3 is 4.74 Å². The van der Waals surface area contributed by atoms with E-state index in [1.165, 1.54) is 56.1 Å². The van der Waals surface area contributed by atoms with Crippen molar-refractivity contribution in [2.24, 2.45) is 17.8 Å². The van der Waals surface area contributed by atoms with E-state index in [-0.39, 0.29) is 0 Å². The van der Waals surface area contributed by atoms with Crippen molar-refractivity contribution < 1.29 is 4.74 Å². The van der Waals surface area contributed by atoms with E-state index in [9.17, 15) is 0 Å². The van der Waals surface area contributed by atoms with Crippen LogP contribution in [0.5, 0.6) is 5.75 Å². The van der Waals surface area contributed by atoms with E-state index in [0.717, 1.165) is 24.0 Å². The normalized spacial score (nSPS) is 17.7. The fourth-order valence-electron chi connectivity index (χ4n) is 4.00. The molecule has 0 aromatic heterocycles. The van der Waals surface area contributed by atoms with Gasteiger partial charge in [0, 0.05) is 0 Å². The molecular weight excluding hydrogens is 268 g/mol. The van der Waals surface area contributed by atoms with Crippen LogP contribution in [0.15, 0.2) is 18.2 Å². The minimum absolute atomic E-state index is 0.671. The molecule has 1 aliphatic rings. The molecule has 2 rings (SSSR count). The van der Waals surface area contributed by atoms with Crippen molar-refractivity contribution in [2.45, 2.75) is 72.1 Å². The Morgan fingerprint density at radius 2 is 1.77 bits per heavy atom. The number of benzene rings is 1. The molecule has 124 valence electrons. The third kappa shape index (κ3) is 5.34. The summed E-state index contributed by atoms with van der Waals surface area (Å²) < 4.78 is 5.62. The minimum Gasteiger partial charge on any atom is -0.496 e. The largest absolute Gasteiger partial charge is 0.496 e. The van der Waals surface area contributed by atoms with Gasteiger partial charge in [0.25, 0.3) is 0 Å². The highest BCUT2D eigenvalue weighted by Crippen LogP contribution is 2.31. The molecule has 0 aliphatic heterocycles. The van der Waals surface area contributed by atoms with Crippen molar-refractivity contribution >= 4 is 0 Å². The topological polar surface area (TPSA) is 9.23 Å². The summed E-state index contributed by atoms with van der Waals surface area (Å²) in [5.74, 6) is 3.51. The Bertz CT molecular complexity index is 443. The third-order valence-corrected chi connectivity index (χ3v) is 5.02. The Balaban J connectivity index is 1.93. The molecule has 0 bridgehead atoms. The zero-order chi connectivity index (χ0) is 15.9. The predicted octanol–water partition coefficient (Wildman–Crippen LogP) is 6.04. The van der Waals surface area contributed by atoms with Crippen LogP contribution in [0.2, 0.25) is 0 Å². The zero-order valence-electron chi connectivity index (χ0n) is 15.0. The fourth-order valence-corrected chi connectivity index (χ4v) is 4.00. The van der Waals surface area contributed by atoms with Crippen LogP contribution in [0.1, 0.15) is 70.4 Å². The predicted molar refractivity (Wildman–Crippen MR) is 95.6 cm³/mol. The van der Waals surface area contributed by atoms with Gasteiger partial charge in [-0.1, -0.05) is 65.0 Å². The maximum Gasteiger partial charge on any atom is 0.122 e. The van der Waals surface area contributed by atoms with Gasteiger partial charge >= 0.3 is 0 Å². The van der Waals surface area contributed by atoms with Gasteiger partial charge in [-0.3, -0.25) is 0 Å². The fraction of sp³-hybridized carbons (Fsp3) is 0.714. The van der Waals surface area contributed by atoms with Gasteiger partial charge in [0.1, 0.15) is 5.75 Å². The Morgan fingerprint density at radius 1 is 1.05 bits per heavy atom. The molecule has 0 spiro atoms. The smallest absolute Gasteiger partial charge is 0.122 e. The van der Waals surface area contributed by atoms with Crippen molar-refractivity contribution in [3.8, 4) is 5.75 Å². The van der Waals surface area contributed by atoms with Gasteiger partial charge in [-0.15, -0.1) is 0 Å². The number of hydrogen-bond acceptors (Lipinski definition) is 1. The summed E-state index contributed by atoms with van der Waals surface area (Å²) in [7, 11) is 1.80. The highest BCUT2D eigenvalue weighted by molar-refractivity contribution is 5.38. The van der Waals surface area contributed by atoms with Crippen molar-refractivity contribution in [1.29, 1.82) is 0 Å². The van der Waals surface area contributed by atoms with E-state index in [1.54, 1.807) is 7.11 Å². The van der Waals surface area contributed by atoms with E-state index in [2.05, 4.69) is 39.0 Å². The molecule has 0 heterocycles. The monoisotopic (exact) mass is 302 g/mol. The van der Waals surface area contributed by atoms with Crippen LogP contribution in [0.25, 0.3) is 0 Å². The van der Waals surface area contributed by atoms with Crippen molar-refractivity contribution in [3.63, 3.8) is 0 Å². The van der Waals surface area contributed by atoms with Crippen LogP contribution in [0, 0.1) is 17.8 Å². The molecule has 1 saturated carbocycles.